The van der Waals surface area contributed by atoms with Crippen LogP contribution in [-0.2, 0) is 22.6 Å². The van der Waals surface area contributed by atoms with Gasteiger partial charge in [-0.2, -0.15) is 13.2 Å². The molecule has 1 amide bonds. The summed E-state index contributed by atoms with van der Waals surface area (Å²) in [6.45, 7) is -0.0728. The van der Waals surface area contributed by atoms with E-state index in [0.29, 0.717) is 5.56 Å². The second-order valence-corrected chi connectivity index (χ2v) is 7.19. The first-order valence-electron chi connectivity index (χ1n) is 6.82. The van der Waals surface area contributed by atoms with Crippen molar-refractivity contribution in [1.29, 1.82) is 0 Å². The van der Waals surface area contributed by atoms with Crippen LogP contribution in [0.5, 0.6) is 0 Å². The lowest BCUT2D eigenvalue weighted by atomic mass is 10.1. The number of carbonyl (C=O) groups excluding carboxylic acids is 1. The first-order chi connectivity index (χ1) is 11.1. The Kier molecular flexibility index (Phi) is 4.98. The molecule has 0 bridgehead atoms. The van der Waals surface area contributed by atoms with Crippen molar-refractivity contribution in [1.82, 2.24) is 5.32 Å². The Balaban J connectivity index is 2.06. The number of carbonyl (C=O) groups is 1. The van der Waals surface area contributed by atoms with Crippen LogP contribution in [0.4, 0.5) is 13.2 Å². The molecule has 0 spiro atoms. The van der Waals surface area contributed by atoms with Gasteiger partial charge in [-0.05, 0) is 42.0 Å². The van der Waals surface area contributed by atoms with Gasteiger partial charge in [-0.1, -0.05) is 12.1 Å². The fourth-order valence-electron chi connectivity index (χ4n) is 2.00. The summed E-state index contributed by atoms with van der Waals surface area (Å²) >= 11 is 0. The molecule has 4 nitrogen and oxygen atoms in total. The summed E-state index contributed by atoms with van der Waals surface area (Å²) in [5.41, 5.74) is -0.257. The highest BCUT2D eigenvalue weighted by atomic mass is 32.2. The normalized spacial score (nSPS) is 12.0. The Labute approximate surface area is 137 Å². The van der Waals surface area contributed by atoms with Gasteiger partial charge in [0, 0.05) is 18.4 Å². The summed E-state index contributed by atoms with van der Waals surface area (Å²) in [5, 5.41) is 2.50. The molecule has 24 heavy (non-hydrogen) atoms. The Morgan fingerprint density at radius 2 is 1.71 bits per heavy atom. The lowest BCUT2D eigenvalue weighted by Crippen LogP contribution is -2.23. The van der Waals surface area contributed by atoms with E-state index in [1.54, 1.807) is 0 Å². The number of sulfone groups is 1. The van der Waals surface area contributed by atoms with Crippen molar-refractivity contribution in [2.24, 2.45) is 0 Å². The molecule has 8 heteroatoms. The van der Waals surface area contributed by atoms with Crippen LogP contribution >= 0.6 is 0 Å². The minimum atomic E-state index is -4.44. The van der Waals surface area contributed by atoms with Crippen LogP contribution < -0.4 is 5.32 Å². The fourth-order valence-corrected chi connectivity index (χ4v) is 2.63. The van der Waals surface area contributed by atoms with Crippen molar-refractivity contribution in [3.8, 4) is 0 Å². The molecule has 0 saturated carbocycles. The molecule has 2 aromatic rings. The van der Waals surface area contributed by atoms with Crippen LogP contribution in [0.1, 0.15) is 21.5 Å². The van der Waals surface area contributed by atoms with E-state index >= 15 is 0 Å². The zero-order valence-corrected chi connectivity index (χ0v) is 13.4. The number of rotatable bonds is 4. The number of hydrogen-bond acceptors (Lipinski definition) is 3. The first-order valence-corrected chi connectivity index (χ1v) is 8.71. The van der Waals surface area contributed by atoms with Crippen LogP contribution in [0.15, 0.2) is 53.4 Å². The van der Waals surface area contributed by atoms with Crippen molar-refractivity contribution in [3.63, 3.8) is 0 Å². The highest BCUT2D eigenvalue weighted by Crippen LogP contribution is 2.29. The summed E-state index contributed by atoms with van der Waals surface area (Å²) in [6, 6.07) is 9.95. The molecule has 0 aliphatic heterocycles. The monoisotopic (exact) mass is 357 g/mol. The van der Waals surface area contributed by atoms with E-state index < -0.39 is 27.5 Å². The standard InChI is InChI=1S/C16H14F3NO3S/c1-24(22,23)14-7-5-12(6-8-14)15(21)20-10-11-3-2-4-13(9-11)16(17,18)19/h2-9H,10H2,1H3,(H,20,21). The van der Waals surface area contributed by atoms with Crippen LogP contribution in [-0.4, -0.2) is 20.6 Å². The van der Waals surface area contributed by atoms with Gasteiger partial charge in [0.1, 0.15) is 0 Å². The minimum absolute atomic E-state index is 0.0728. The van der Waals surface area contributed by atoms with E-state index in [1.807, 2.05) is 0 Å². The first kappa shape index (κ1) is 18.0. The number of alkyl halides is 3. The molecule has 0 radical (unpaired) electrons. The smallest absolute Gasteiger partial charge is 0.348 e. The van der Waals surface area contributed by atoms with E-state index in [9.17, 15) is 26.4 Å². The SMILES string of the molecule is CS(=O)(=O)c1ccc(C(=O)NCc2cccc(C(F)(F)F)c2)cc1. The molecule has 0 heterocycles. The maximum Gasteiger partial charge on any atom is 0.416 e. The maximum absolute atomic E-state index is 12.6. The van der Waals surface area contributed by atoms with Gasteiger partial charge in [-0.25, -0.2) is 8.42 Å². The lowest BCUT2D eigenvalue weighted by molar-refractivity contribution is -0.137. The summed E-state index contributed by atoms with van der Waals surface area (Å²) in [4.78, 5) is 12.1. The third kappa shape index (κ3) is 4.58. The van der Waals surface area contributed by atoms with Crippen LogP contribution in [0.2, 0.25) is 0 Å². The summed E-state index contributed by atoms with van der Waals surface area (Å²) in [5.74, 6) is -0.507. The Morgan fingerprint density at radius 3 is 2.25 bits per heavy atom. The molecule has 2 rings (SSSR count). The quantitative estimate of drug-likeness (QED) is 0.915. The molecule has 0 atom stereocenters. The zero-order valence-electron chi connectivity index (χ0n) is 12.6. The highest BCUT2D eigenvalue weighted by molar-refractivity contribution is 7.90. The summed E-state index contributed by atoms with van der Waals surface area (Å²) < 4.78 is 60.6. The van der Waals surface area contributed by atoms with Crippen LogP contribution in [0.25, 0.3) is 0 Å². The van der Waals surface area contributed by atoms with Crippen LogP contribution in [0.3, 0.4) is 0 Å². The van der Waals surface area contributed by atoms with E-state index in [2.05, 4.69) is 5.32 Å². The van der Waals surface area contributed by atoms with Crippen LogP contribution in [0, 0.1) is 0 Å². The lowest BCUT2D eigenvalue weighted by Gasteiger charge is -2.10. The third-order valence-electron chi connectivity index (χ3n) is 3.25. The molecule has 0 aliphatic rings. The van der Waals surface area contributed by atoms with Gasteiger partial charge in [0.2, 0.25) is 0 Å². The molecule has 1 N–H and O–H groups in total. The molecule has 128 valence electrons. The van der Waals surface area contributed by atoms with Crippen molar-refractivity contribution in [2.75, 3.05) is 6.26 Å². The maximum atomic E-state index is 12.6. The van der Waals surface area contributed by atoms with Gasteiger partial charge < -0.3 is 5.32 Å². The van der Waals surface area contributed by atoms with Gasteiger partial charge in [-0.3, -0.25) is 4.79 Å². The van der Waals surface area contributed by atoms with E-state index in [1.165, 1.54) is 36.4 Å². The second-order valence-electron chi connectivity index (χ2n) is 5.18. The Bertz CT molecular complexity index is 844. The average Bonchev–Trinajstić information content (AvgIpc) is 2.51. The van der Waals surface area contributed by atoms with Crippen molar-refractivity contribution < 1.29 is 26.4 Å². The van der Waals surface area contributed by atoms with Gasteiger partial charge in [0.05, 0.1) is 10.5 Å². The predicted octanol–water partition coefficient (Wildman–Crippen LogP) is 3.04. The largest absolute Gasteiger partial charge is 0.416 e. The number of hydrogen-bond donors (Lipinski definition) is 1. The minimum Gasteiger partial charge on any atom is -0.348 e. The van der Waals surface area contributed by atoms with E-state index in [4.69, 9.17) is 0 Å². The molecule has 2 aromatic carbocycles. The van der Waals surface area contributed by atoms with Crippen molar-refractivity contribution >= 4 is 15.7 Å². The summed E-state index contributed by atoms with van der Waals surface area (Å²) in [7, 11) is -3.36. The molecule has 0 unspecified atom stereocenters. The predicted molar refractivity (Wildman–Crippen MR) is 82.2 cm³/mol. The molecular formula is C16H14F3NO3S. The number of amides is 1. The number of benzene rings is 2. The van der Waals surface area contributed by atoms with Crippen molar-refractivity contribution in [3.05, 3.63) is 65.2 Å². The van der Waals surface area contributed by atoms with Gasteiger partial charge in [0.25, 0.3) is 5.91 Å². The van der Waals surface area contributed by atoms with Crippen molar-refractivity contribution in [2.45, 2.75) is 17.6 Å². The average molecular weight is 357 g/mol. The zero-order chi connectivity index (χ0) is 18.0. The summed E-state index contributed by atoms with van der Waals surface area (Å²) in [6.07, 6.45) is -3.39. The topological polar surface area (TPSA) is 63.2 Å². The van der Waals surface area contributed by atoms with Gasteiger partial charge in [0.15, 0.2) is 9.84 Å². The third-order valence-corrected chi connectivity index (χ3v) is 4.38. The van der Waals surface area contributed by atoms with Gasteiger partial charge >= 0.3 is 6.18 Å². The second kappa shape index (κ2) is 6.64. The number of halogens is 3. The Hall–Kier alpha value is -2.35. The number of nitrogens with one attached hydrogen (secondary N) is 1. The van der Waals surface area contributed by atoms with Gasteiger partial charge in [-0.15, -0.1) is 0 Å². The molecule has 0 aliphatic carbocycles. The Morgan fingerprint density at radius 1 is 1.08 bits per heavy atom. The molecule has 0 fully saturated rings. The molecule has 0 aromatic heterocycles. The van der Waals surface area contributed by atoms with E-state index in [-0.39, 0.29) is 17.0 Å². The molecular weight excluding hydrogens is 343 g/mol. The van der Waals surface area contributed by atoms with E-state index in [0.717, 1.165) is 18.4 Å². The fraction of sp³-hybridized carbons (Fsp3) is 0.188. The highest BCUT2D eigenvalue weighted by Gasteiger charge is 2.30. The molecule has 0 saturated heterocycles.